The van der Waals surface area contributed by atoms with Crippen molar-refractivity contribution in [2.75, 3.05) is 5.73 Å². The number of hydrogen-bond acceptors (Lipinski definition) is 3. The number of fused-ring (bicyclic) bond motifs is 1. The van der Waals surface area contributed by atoms with E-state index in [1.165, 1.54) is 0 Å². The fourth-order valence-corrected chi connectivity index (χ4v) is 2.73. The number of benzene rings is 1. The van der Waals surface area contributed by atoms with E-state index in [-0.39, 0.29) is 11.7 Å². The third kappa shape index (κ3) is 1.86. The van der Waals surface area contributed by atoms with Gasteiger partial charge in [-0.15, -0.1) is 0 Å². The predicted molar refractivity (Wildman–Crippen MR) is 72.4 cm³/mol. The average Bonchev–Trinajstić information content (AvgIpc) is 2.91. The molecule has 2 N–H and O–H groups in total. The monoisotopic (exact) mass is 240 g/mol. The Morgan fingerprint density at radius 2 is 1.94 bits per heavy atom. The summed E-state index contributed by atoms with van der Waals surface area (Å²) in [7, 11) is 0. The number of aromatic nitrogens is 1. The number of carbonyl (C=O) groups is 1. The minimum Gasteiger partial charge on any atom is -0.398 e. The highest BCUT2D eigenvalue weighted by Crippen LogP contribution is 2.29. The Kier molecular flexibility index (Phi) is 2.74. The molecule has 3 rings (SSSR count). The van der Waals surface area contributed by atoms with Crippen molar-refractivity contribution in [2.45, 2.75) is 25.7 Å². The first kappa shape index (κ1) is 11.2. The van der Waals surface area contributed by atoms with Crippen LogP contribution in [-0.4, -0.2) is 10.8 Å². The maximum atomic E-state index is 12.3. The average molecular weight is 240 g/mol. The molecule has 1 fully saturated rings. The number of anilines is 1. The SMILES string of the molecule is Nc1cc(C(=O)C2CCCC2)nc2ccccc12. The number of pyridine rings is 1. The number of carbonyl (C=O) groups excluding carboxylic acids is 1. The Labute approximate surface area is 106 Å². The van der Waals surface area contributed by atoms with Gasteiger partial charge in [-0.3, -0.25) is 4.79 Å². The molecule has 0 spiro atoms. The van der Waals surface area contributed by atoms with Gasteiger partial charge in [0.15, 0.2) is 5.78 Å². The van der Waals surface area contributed by atoms with Crippen molar-refractivity contribution >= 4 is 22.4 Å². The van der Waals surface area contributed by atoms with Crippen LogP contribution < -0.4 is 5.73 Å². The lowest BCUT2D eigenvalue weighted by Crippen LogP contribution is -2.13. The Bertz CT molecular complexity index is 600. The van der Waals surface area contributed by atoms with Gasteiger partial charge in [0.1, 0.15) is 5.69 Å². The number of ketones is 1. The fraction of sp³-hybridized carbons (Fsp3) is 0.333. The van der Waals surface area contributed by atoms with Crippen LogP contribution in [0.15, 0.2) is 30.3 Å². The number of para-hydroxylation sites is 1. The molecule has 1 saturated carbocycles. The van der Waals surface area contributed by atoms with Crippen LogP contribution in [0.5, 0.6) is 0 Å². The number of hydrogen-bond donors (Lipinski definition) is 1. The van der Waals surface area contributed by atoms with Gasteiger partial charge in [-0.25, -0.2) is 4.98 Å². The van der Waals surface area contributed by atoms with Crippen LogP contribution in [0.3, 0.4) is 0 Å². The van der Waals surface area contributed by atoms with E-state index in [4.69, 9.17) is 5.73 Å². The summed E-state index contributed by atoms with van der Waals surface area (Å²) >= 11 is 0. The molecule has 0 aliphatic heterocycles. The maximum Gasteiger partial charge on any atom is 0.184 e. The van der Waals surface area contributed by atoms with Crippen LogP contribution in [0.25, 0.3) is 10.9 Å². The molecule has 1 aromatic heterocycles. The summed E-state index contributed by atoms with van der Waals surface area (Å²) in [5.74, 6) is 0.308. The van der Waals surface area contributed by atoms with Crippen LogP contribution in [0.2, 0.25) is 0 Å². The van der Waals surface area contributed by atoms with E-state index in [2.05, 4.69) is 4.98 Å². The van der Waals surface area contributed by atoms with Gasteiger partial charge in [0.25, 0.3) is 0 Å². The topological polar surface area (TPSA) is 56.0 Å². The Morgan fingerprint density at radius 1 is 1.22 bits per heavy atom. The second-order valence-electron chi connectivity index (χ2n) is 4.96. The Morgan fingerprint density at radius 3 is 2.72 bits per heavy atom. The molecule has 18 heavy (non-hydrogen) atoms. The first-order valence-corrected chi connectivity index (χ1v) is 6.45. The van der Waals surface area contributed by atoms with Crippen molar-refractivity contribution in [1.82, 2.24) is 4.98 Å². The van der Waals surface area contributed by atoms with Gasteiger partial charge in [0, 0.05) is 17.0 Å². The van der Waals surface area contributed by atoms with E-state index in [1.807, 2.05) is 24.3 Å². The summed E-state index contributed by atoms with van der Waals surface area (Å²) in [4.78, 5) is 16.8. The first-order chi connectivity index (χ1) is 8.75. The summed E-state index contributed by atoms with van der Waals surface area (Å²) in [5, 5.41) is 0.917. The van der Waals surface area contributed by atoms with Crippen LogP contribution in [-0.2, 0) is 0 Å². The normalized spacial score (nSPS) is 16.2. The molecule has 0 bridgehead atoms. The molecule has 0 amide bonds. The second-order valence-corrected chi connectivity index (χ2v) is 4.96. The van der Waals surface area contributed by atoms with Crippen LogP contribution >= 0.6 is 0 Å². The number of nitrogen functional groups attached to an aromatic ring is 1. The lowest BCUT2D eigenvalue weighted by atomic mass is 9.99. The third-order valence-corrected chi connectivity index (χ3v) is 3.73. The van der Waals surface area contributed by atoms with E-state index in [1.54, 1.807) is 6.07 Å². The summed E-state index contributed by atoms with van der Waals surface area (Å²) in [5.41, 5.74) is 7.97. The first-order valence-electron chi connectivity index (χ1n) is 6.45. The summed E-state index contributed by atoms with van der Waals surface area (Å²) < 4.78 is 0. The van der Waals surface area contributed by atoms with Crippen molar-refractivity contribution in [3.8, 4) is 0 Å². The quantitative estimate of drug-likeness (QED) is 0.820. The number of nitrogens with zero attached hydrogens (tertiary/aromatic N) is 1. The van der Waals surface area contributed by atoms with E-state index >= 15 is 0 Å². The molecule has 3 nitrogen and oxygen atoms in total. The van der Waals surface area contributed by atoms with Crippen molar-refractivity contribution in [3.63, 3.8) is 0 Å². The van der Waals surface area contributed by atoms with E-state index < -0.39 is 0 Å². The van der Waals surface area contributed by atoms with Gasteiger partial charge in [0.05, 0.1) is 5.52 Å². The van der Waals surface area contributed by atoms with Gasteiger partial charge in [-0.1, -0.05) is 31.0 Å². The zero-order valence-electron chi connectivity index (χ0n) is 10.2. The van der Waals surface area contributed by atoms with Crippen molar-refractivity contribution in [3.05, 3.63) is 36.0 Å². The smallest absolute Gasteiger partial charge is 0.184 e. The van der Waals surface area contributed by atoms with Gasteiger partial charge >= 0.3 is 0 Å². The number of rotatable bonds is 2. The molecule has 3 heteroatoms. The molecular formula is C15H16N2O. The molecule has 1 aromatic carbocycles. The molecule has 0 unspecified atom stereocenters. The van der Waals surface area contributed by atoms with Gasteiger partial charge in [-0.2, -0.15) is 0 Å². The third-order valence-electron chi connectivity index (χ3n) is 3.73. The molecule has 0 saturated heterocycles. The predicted octanol–water partition coefficient (Wildman–Crippen LogP) is 3.19. The zero-order chi connectivity index (χ0) is 12.5. The largest absolute Gasteiger partial charge is 0.398 e. The molecule has 1 aliphatic rings. The van der Waals surface area contributed by atoms with Crippen molar-refractivity contribution in [2.24, 2.45) is 5.92 Å². The molecule has 2 aromatic rings. The minimum absolute atomic E-state index is 0.151. The highest BCUT2D eigenvalue weighted by molar-refractivity contribution is 6.01. The summed E-state index contributed by atoms with van der Waals surface area (Å²) in [6, 6.07) is 9.40. The van der Waals surface area contributed by atoms with Crippen LogP contribution in [0.4, 0.5) is 5.69 Å². The Balaban J connectivity index is 2.04. The molecule has 1 heterocycles. The molecule has 92 valence electrons. The molecule has 0 atom stereocenters. The Hall–Kier alpha value is -1.90. The lowest BCUT2D eigenvalue weighted by Gasteiger charge is -2.09. The fourth-order valence-electron chi connectivity index (χ4n) is 2.73. The standard InChI is InChI=1S/C15H16N2O/c16-12-9-14(15(18)10-5-1-2-6-10)17-13-8-4-3-7-11(12)13/h3-4,7-10H,1-2,5-6H2,(H2,16,17). The molecule has 0 radical (unpaired) electrons. The molecule has 1 aliphatic carbocycles. The van der Waals surface area contributed by atoms with Gasteiger partial charge in [-0.05, 0) is 25.0 Å². The van der Waals surface area contributed by atoms with Crippen LogP contribution in [0, 0.1) is 5.92 Å². The minimum atomic E-state index is 0.151. The number of Topliss-reactive ketones (excluding diaryl/α,β-unsaturated/α-hetero) is 1. The van der Waals surface area contributed by atoms with Gasteiger partial charge in [0.2, 0.25) is 0 Å². The maximum absolute atomic E-state index is 12.3. The van der Waals surface area contributed by atoms with Crippen molar-refractivity contribution in [1.29, 1.82) is 0 Å². The van der Waals surface area contributed by atoms with Gasteiger partial charge < -0.3 is 5.73 Å². The zero-order valence-corrected chi connectivity index (χ0v) is 10.2. The number of nitrogens with two attached hydrogens (primary N) is 1. The van der Waals surface area contributed by atoms with Crippen LogP contribution in [0.1, 0.15) is 36.2 Å². The summed E-state index contributed by atoms with van der Waals surface area (Å²) in [6.45, 7) is 0. The second kappa shape index (κ2) is 4.41. The molecular weight excluding hydrogens is 224 g/mol. The summed E-state index contributed by atoms with van der Waals surface area (Å²) in [6.07, 6.45) is 4.29. The highest BCUT2D eigenvalue weighted by Gasteiger charge is 2.25. The highest BCUT2D eigenvalue weighted by atomic mass is 16.1. The van der Waals surface area contributed by atoms with Crippen molar-refractivity contribution < 1.29 is 4.79 Å². The lowest BCUT2D eigenvalue weighted by molar-refractivity contribution is 0.0918. The van der Waals surface area contributed by atoms with E-state index in [0.717, 1.165) is 36.6 Å². The van der Waals surface area contributed by atoms with E-state index in [0.29, 0.717) is 11.4 Å². The van der Waals surface area contributed by atoms with E-state index in [9.17, 15) is 4.79 Å².